The summed E-state index contributed by atoms with van der Waals surface area (Å²) >= 11 is 0. The summed E-state index contributed by atoms with van der Waals surface area (Å²) in [7, 11) is 0. The van der Waals surface area contributed by atoms with Gasteiger partial charge in [-0.25, -0.2) is 4.98 Å². The van der Waals surface area contributed by atoms with Gasteiger partial charge in [0.25, 0.3) is 0 Å². The molecule has 0 unspecified atom stereocenters. The molecule has 0 atom stereocenters. The minimum absolute atomic E-state index is 0.239. The van der Waals surface area contributed by atoms with Crippen molar-refractivity contribution >= 4 is 23.0 Å². The number of benzene rings is 1. The number of esters is 1. The van der Waals surface area contributed by atoms with E-state index in [9.17, 15) is 4.79 Å². The highest BCUT2D eigenvalue weighted by molar-refractivity contribution is 5.84. The third-order valence-electron chi connectivity index (χ3n) is 3.08. The number of aromatic nitrogens is 2. The van der Waals surface area contributed by atoms with Gasteiger partial charge in [0.1, 0.15) is 11.3 Å². The molecule has 0 amide bonds. The number of carbonyl (C=O) groups excluding carboxylic acids is 1. The van der Waals surface area contributed by atoms with Gasteiger partial charge in [0.2, 0.25) is 5.95 Å². The van der Waals surface area contributed by atoms with Crippen molar-refractivity contribution in [2.24, 2.45) is 0 Å². The molecule has 1 heterocycles. The summed E-state index contributed by atoms with van der Waals surface area (Å²) in [4.78, 5) is 15.8. The lowest BCUT2D eigenvalue weighted by Crippen LogP contribution is -2.10. The number of aryl methyl sites for hydroxylation is 1. The second-order valence-electron chi connectivity index (χ2n) is 4.65. The Kier molecular flexibility index (Phi) is 5.03. The van der Waals surface area contributed by atoms with Gasteiger partial charge in [-0.05, 0) is 25.5 Å². The van der Waals surface area contributed by atoms with Crippen LogP contribution in [0.5, 0.6) is 5.75 Å². The van der Waals surface area contributed by atoms with E-state index < -0.39 is 0 Å². The summed E-state index contributed by atoms with van der Waals surface area (Å²) in [6, 6.07) is 5.69. The maximum absolute atomic E-state index is 11.5. The van der Waals surface area contributed by atoms with E-state index in [-0.39, 0.29) is 12.4 Å². The first-order chi connectivity index (χ1) is 10.2. The lowest BCUT2D eigenvalue weighted by molar-refractivity contribution is -0.143. The number of nitrogens with two attached hydrogens (primary N) is 1. The predicted molar refractivity (Wildman–Crippen MR) is 81.2 cm³/mol. The normalized spacial score (nSPS) is 10.8. The van der Waals surface area contributed by atoms with Crippen LogP contribution in [0.4, 0.5) is 5.95 Å². The SMILES string of the molecule is CCCOc1cccc2c1nc(N)n2CCC(=O)OCC. The average Bonchev–Trinajstić information content (AvgIpc) is 2.79. The number of nitrogens with zero attached hydrogens (tertiary/aromatic N) is 2. The Morgan fingerprint density at radius 2 is 2.19 bits per heavy atom. The van der Waals surface area contributed by atoms with Gasteiger partial charge in [-0.1, -0.05) is 13.0 Å². The number of para-hydroxylation sites is 1. The summed E-state index contributed by atoms with van der Waals surface area (Å²) in [5.74, 6) is 0.856. The van der Waals surface area contributed by atoms with E-state index in [1.807, 2.05) is 29.7 Å². The van der Waals surface area contributed by atoms with Gasteiger partial charge in [-0.15, -0.1) is 0 Å². The second kappa shape index (κ2) is 6.97. The monoisotopic (exact) mass is 291 g/mol. The van der Waals surface area contributed by atoms with Crippen LogP contribution < -0.4 is 10.5 Å². The Hall–Kier alpha value is -2.24. The van der Waals surface area contributed by atoms with E-state index in [1.54, 1.807) is 6.92 Å². The third-order valence-corrected chi connectivity index (χ3v) is 3.08. The van der Waals surface area contributed by atoms with Crippen molar-refractivity contribution in [2.75, 3.05) is 18.9 Å². The minimum Gasteiger partial charge on any atom is -0.491 e. The zero-order valence-corrected chi connectivity index (χ0v) is 12.5. The minimum atomic E-state index is -0.239. The molecular weight excluding hydrogens is 270 g/mol. The molecule has 0 saturated carbocycles. The molecule has 6 heteroatoms. The van der Waals surface area contributed by atoms with Gasteiger partial charge in [0, 0.05) is 6.54 Å². The van der Waals surface area contributed by atoms with Crippen LogP contribution in [-0.2, 0) is 16.1 Å². The molecule has 0 bridgehead atoms. The van der Waals surface area contributed by atoms with Crippen LogP contribution in [0.3, 0.4) is 0 Å². The summed E-state index contributed by atoms with van der Waals surface area (Å²) in [6.07, 6.45) is 1.19. The number of fused-ring (bicyclic) bond motifs is 1. The number of hydrogen-bond acceptors (Lipinski definition) is 5. The highest BCUT2D eigenvalue weighted by atomic mass is 16.5. The van der Waals surface area contributed by atoms with Crippen molar-refractivity contribution < 1.29 is 14.3 Å². The van der Waals surface area contributed by atoms with E-state index in [0.717, 1.165) is 23.2 Å². The maximum Gasteiger partial charge on any atom is 0.307 e. The van der Waals surface area contributed by atoms with Crippen LogP contribution in [-0.4, -0.2) is 28.7 Å². The van der Waals surface area contributed by atoms with E-state index in [0.29, 0.717) is 25.7 Å². The number of anilines is 1. The molecule has 0 radical (unpaired) electrons. The molecule has 0 fully saturated rings. The maximum atomic E-state index is 11.5. The van der Waals surface area contributed by atoms with Gasteiger partial charge in [0.15, 0.2) is 0 Å². The predicted octanol–water partition coefficient (Wildman–Crippen LogP) is 2.36. The van der Waals surface area contributed by atoms with Gasteiger partial charge in [-0.2, -0.15) is 0 Å². The first kappa shape index (κ1) is 15.2. The van der Waals surface area contributed by atoms with Crippen LogP contribution in [0.2, 0.25) is 0 Å². The van der Waals surface area contributed by atoms with Crippen LogP contribution in [0.25, 0.3) is 11.0 Å². The molecule has 1 aromatic heterocycles. The van der Waals surface area contributed by atoms with Gasteiger partial charge >= 0.3 is 5.97 Å². The Balaban J connectivity index is 2.24. The summed E-state index contributed by atoms with van der Waals surface area (Å²) in [5.41, 5.74) is 7.55. The van der Waals surface area contributed by atoms with E-state index in [2.05, 4.69) is 4.98 Å². The Bertz CT molecular complexity index is 622. The third kappa shape index (κ3) is 3.45. The van der Waals surface area contributed by atoms with Crippen molar-refractivity contribution in [2.45, 2.75) is 33.2 Å². The second-order valence-corrected chi connectivity index (χ2v) is 4.65. The molecule has 0 aliphatic rings. The standard InChI is InChI=1S/C15H21N3O3/c1-3-10-21-12-7-5-6-11-14(12)17-15(16)18(11)9-8-13(19)20-4-2/h5-7H,3-4,8-10H2,1-2H3,(H2,16,17). The zero-order chi connectivity index (χ0) is 15.2. The molecule has 0 spiro atoms. The summed E-state index contributed by atoms with van der Waals surface area (Å²) in [6.45, 7) is 5.30. The van der Waals surface area contributed by atoms with Crippen molar-refractivity contribution in [1.29, 1.82) is 0 Å². The quantitative estimate of drug-likeness (QED) is 0.792. The van der Waals surface area contributed by atoms with Crippen LogP contribution in [0.1, 0.15) is 26.7 Å². The molecule has 0 aliphatic heterocycles. The first-order valence-corrected chi connectivity index (χ1v) is 7.20. The largest absolute Gasteiger partial charge is 0.491 e. The van der Waals surface area contributed by atoms with Crippen LogP contribution in [0.15, 0.2) is 18.2 Å². The lowest BCUT2D eigenvalue weighted by atomic mass is 10.3. The highest BCUT2D eigenvalue weighted by Gasteiger charge is 2.13. The number of imidazole rings is 1. The molecule has 114 valence electrons. The smallest absolute Gasteiger partial charge is 0.307 e. The lowest BCUT2D eigenvalue weighted by Gasteiger charge is -2.07. The fraction of sp³-hybridized carbons (Fsp3) is 0.467. The van der Waals surface area contributed by atoms with Crippen molar-refractivity contribution in [3.63, 3.8) is 0 Å². The summed E-state index contributed by atoms with van der Waals surface area (Å²) in [5, 5.41) is 0. The Morgan fingerprint density at radius 3 is 2.90 bits per heavy atom. The Labute approximate surface area is 123 Å². The van der Waals surface area contributed by atoms with Crippen molar-refractivity contribution in [1.82, 2.24) is 9.55 Å². The highest BCUT2D eigenvalue weighted by Crippen LogP contribution is 2.27. The Morgan fingerprint density at radius 1 is 1.38 bits per heavy atom. The molecule has 1 aromatic carbocycles. The molecule has 2 aromatic rings. The number of rotatable bonds is 7. The van der Waals surface area contributed by atoms with Gasteiger partial charge in [-0.3, -0.25) is 4.79 Å². The number of carbonyl (C=O) groups is 1. The zero-order valence-electron chi connectivity index (χ0n) is 12.5. The number of ether oxygens (including phenoxy) is 2. The first-order valence-electron chi connectivity index (χ1n) is 7.20. The van der Waals surface area contributed by atoms with Crippen molar-refractivity contribution in [3.05, 3.63) is 18.2 Å². The molecule has 6 nitrogen and oxygen atoms in total. The molecule has 2 rings (SSSR count). The summed E-state index contributed by atoms with van der Waals surface area (Å²) < 4.78 is 12.4. The van der Waals surface area contributed by atoms with Crippen LogP contribution in [0, 0.1) is 0 Å². The van der Waals surface area contributed by atoms with Gasteiger partial charge in [0.05, 0.1) is 25.2 Å². The van der Waals surface area contributed by atoms with E-state index in [4.69, 9.17) is 15.2 Å². The number of nitrogen functional groups attached to an aromatic ring is 1. The van der Waals surface area contributed by atoms with Crippen LogP contribution >= 0.6 is 0 Å². The van der Waals surface area contributed by atoms with Gasteiger partial charge < -0.3 is 19.8 Å². The molecule has 2 N–H and O–H groups in total. The molecule has 0 saturated heterocycles. The fourth-order valence-corrected chi connectivity index (χ4v) is 2.14. The molecular formula is C15H21N3O3. The molecule has 0 aliphatic carbocycles. The van der Waals surface area contributed by atoms with E-state index >= 15 is 0 Å². The fourth-order valence-electron chi connectivity index (χ4n) is 2.14. The number of hydrogen-bond donors (Lipinski definition) is 1. The topological polar surface area (TPSA) is 79.4 Å². The van der Waals surface area contributed by atoms with Crippen molar-refractivity contribution in [3.8, 4) is 5.75 Å². The van der Waals surface area contributed by atoms with E-state index in [1.165, 1.54) is 0 Å². The average molecular weight is 291 g/mol. The molecule has 21 heavy (non-hydrogen) atoms.